The molecule has 9 nitrogen and oxygen atoms in total. The zero-order valence-electron chi connectivity index (χ0n) is 15.9. The number of hydrogen-bond acceptors (Lipinski definition) is 7. The van der Waals surface area contributed by atoms with Crippen LogP contribution < -0.4 is 15.8 Å². The van der Waals surface area contributed by atoms with Crippen molar-refractivity contribution >= 4 is 40.5 Å². The number of anilines is 2. The molecule has 1 aliphatic heterocycles. The highest BCUT2D eigenvalue weighted by atomic mass is 35.5. The van der Waals surface area contributed by atoms with Crippen molar-refractivity contribution in [2.24, 2.45) is 0 Å². The Hall–Kier alpha value is -3.20. The highest BCUT2D eigenvalue weighted by Gasteiger charge is 2.35. The van der Waals surface area contributed by atoms with Gasteiger partial charge in [-0.05, 0) is 37.6 Å². The molecule has 2 aromatic heterocycles. The monoisotopic (exact) mass is 414 g/mol. The molecule has 150 valence electrons. The van der Waals surface area contributed by atoms with Gasteiger partial charge in [0, 0.05) is 28.0 Å². The lowest BCUT2D eigenvalue weighted by atomic mass is 10.1. The molecule has 1 saturated heterocycles. The van der Waals surface area contributed by atoms with E-state index in [4.69, 9.17) is 16.3 Å². The van der Waals surface area contributed by atoms with Crippen molar-refractivity contribution < 1.29 is 9.53 Å². The summed E-state index contributed by atoms with van der Waals surface area (Å²) in [6.45, 7) is 4.18. The number of halogens is 1. The Labute approximate surface area is 171 Å². The number of rotatable bonds is 5. The van der Waals surface area contributed by atoms with E-state index in [1.807, 2.05) is 6.92 Å². The minimum atomic E-state index is -0.476. The van der Waals surface area contributed by atoms with Crippen molar-refractivity contribution in [3.05, 3.63) is 51.0 Å². The molecule has 0 aliphatic carbocycles. The number of ether oxygens (including phenoxy) is 1. The first-order valence-corrected chi connectivity index (χ1v) is 9.56. The molecule has 4 rings (SSSR count). The average Bonchev–Trinajstić information content (AvgIpc) is 3.07. The molecule has 1 aliphatic rings. The summed E-state index contributed by atoms with van der Waals surface area (Å²) in [4.78, 5) is 41.6. The third-order valence-corrected chi connectivity index (χ3v) is 4.94. The molecule has 10 heteroatoms. The molecule has 0 spiro atoms. The number of hydrogen-bond donors (Lipinski definition) is 2. The first kappa shape index (κ1) is 19.1. The lowest BCUT2D eigenvalue weighted by Gasteiger charge is -2.18. The van der Waals surface area contributed by atoms with E-state index in [1.165, 1.54) is 4.90 Å². The number of carbonyl (C=O) groups is 1. The summed E-state index contributed by atoms with van der Waals surface area (Å²) in [5.74, 6) is 0.951. The predicted molar refractivity (Wildman–Crippen MR) is 109 cm³/mol. The highest BCUT2D eigenvalue weighted by molar-refractivity contribution is 6.31. The summed E-state index contributed by atoms with van der Waals surface area (Å²) >= 11 is 6.04. The Morgan fingerprint density at radius 3 is 2.90 bits per heavy atom. The van der Waals surface area contributed by atoms with Gasteiger partial charge in [0.1, 0.15) is 12.4 Å². The summed E-state index contributed by atoms with van der Waals surface area (Å²) in [6, 6.07) is 6.92. The normalized spacial score (nSPS) is 16.3. The fourth-order valence-electron chi connectivity index (χ4n) is 3.19. The van der Waals surface area contributed by atoms with Crippen molar-refractivity contribution in [1.29, 1.82) is 0 Å². The van der Waals surface area contributed by atoms with Crippen LogP contribution in [0, 0.1) is 6.92 Å². The van der Waals surface area contributed by atoms with Crippen LogP contribution >= 0.6 is 11.6 Å². The van der Waals surface area contributed by atoms with Crippen LogP contribution in [0.3, 0.4) is 0 Å². The van der Waals surface area contributed by atoms with Gasteiger partial charge in [-0.25, -0.2) is 9.69 Å². The Kier molecular flexibility index (Phi) is 5.06. The van der Waals surface area contributed by atoms with Crippen molar-refractivity contribution in [1.82, 2.24) is 19.9 Å². The van der Waals surface area contributed by atoms with Crippen LogP contribution in [0.15, 0.2) is 29.1 Å². The molecule has 0 bridgehead atoms. The largest absolute Gasteiger partial charge is 0.447 e. The predicted octanol–water partition coefficient (Wildman–Crippen LogP) is 3.02. The van der Waals surface area contributed by atoms with E-state index in [0.29, 0.717) is 35.0 Å². The number of benzene rings is 1. The number of nitrogens with zero attached hydrogens (tertiary/aromatic N) is 4. The number of pyridine rings is 1. The zero-order valence-corrected chi connectivity index (χ0v) is 16.7. The van der Waals surface area contributed by atoms with Gasteiger partial charge < -0.3 is 15.0 Å². The van der Waals surface area contributed by atoms with Crippen molar-refractivity contribution in [2.75, 3.05) is 16.8 Å². The summed E-state index contributed by atoms with van der Waals surface area (Å²) in [6.07, 6.45) is 0.241. The standard InChI is InChI=1S/C19H19ClN6O3/c1-3-14-9-29-19(28)26(14)18-23-10(2)22-17(25-18)21-8-12-6-11-7-13(20)4-5-15(11)24-16(12)27/h4-7,14H,3,8-9H2,1-2H3,(H,24,27)(H,21,22,23,25)/t14-/m0/s1. The Balaban J connectivity index is 1.60. The van der Waals surface area contributed by atoms with Crippen LogP contribution in [0.4, 0.5) is 16.7 Å². The fraction of sp³-hybridized carbons (Fsp3) is 0.316. The highest BCUT2D eigenvalue weighted by Crippen LogP contribution is 2.22. The third-order valence-electron chi connectivity index (χ3n) is 4.70. The molecule has 3 aromatic rings. The summed E-state index contributed by atoms with van der Waals surface area (Å²) < 4.78 is 5.11. The van der Waals surface area contributed by atoms with E-state index < -0.39 is 6.09 Å². The van der Waals surface area contributed by atoms with Gasteiger partial charge in [-0.1, -0.05) is 18.5 Å². The van der Waals surface area contributed by atoms with E-state index in [2.05, 4.69) is 25.3 Å². The Morgan fingerprint density at radius 2 is 2.10 bits per heavy atom. The first-order chi connectivity index (χ1) is 13.9. The molecular formula is C19H19ClN6O3. The molecule has 3 heterocycles. The number of H-pyrrole nitrogens is 1. The number of nitrogens with one attached hydrogen (secondary N) is 2. The van der Waals surface area contributed by atoms with Crippen LogP contribution in [0.2, 0.25) is 5.02 Å². The maximum atomic E-state index is 12.4. The van der Waals surface area contributed by atoms with Crippen LogP contribution in [-0.4, -0.2) is 38.7 Å². The summed E-state index contributed by atoms with van der Waals surface area (Å²) in [5.41, 5.74) is 0.999. The van der Waals surface area contributed by atoms with Gasteiger partial charge in [0.15, 0.2) is 0 Å². The second kappa shape index (κ2) is 7.67. The fourth-order valence-corrected chi connectivity index (χ4v) is 3.37. The second-order valence-corrected chi connectivity index (χ2v) is 7.16. The van der Waals surface area contributed by atoms with E-state index in [9.17, 15) is 9.59 Å². The summed E-state index contributed by atoms with van der Waals surface area (Å²) in [5, 5.41) is 4.45. The van der Waals surface area contributed by atoms with Gasteiger partial charge in [-0.15, -0.1) is 0 Å². The average molecular weight is 415 g/mol. The number of aryl methyl sites for hydroxylation is 1. The molecule has 1 atom stereocenters. The van der Waals surface area contributed by atoms with Gasteiger partial charge >= 0.3 is 6.09 Å². The molecule has 1 amide bonds. The Morgan fingerprint density at radius 1 is 1.28 bits per heavy atom. The molecule has 1 fully saturated rings. The smallest absolute Gasteiger partial charge is 0.417 e. The number of amides is 1. The lowest BCUT2D eigenvalue weighted by molar-refractivity contribution is 0.178. The number of aromatic nitrogens is 4. The summed E-state index contributed by atoms with van der Waals surface area (Å²) in [7, 11) is 0. The second-order valence-electron chi connectivity index (χ2n) is 6.72. The minimum Gasteiger partial charge on any atom is -0.447 e. The van der Waals surface area contributed by atoms with Gasteiger partial charge in [0.25, 0.3) is 5.56 Å². The zero-order chi connectivity index (χ0) is 20.5. The third kappa shape index (κ3) is 3.86. The van der Waals surface area contributed by atoms with Gasteiger partial charge in [0.05, 0.1) is 6.04 Å². The molecule has 0 radical (unpaired) electrons. The topological polar surface area (TPSA) is 113 Å². The van der Waals surface area contributed by atoms with Crippen molar-refractivity contribution in [2.45, 2.75) is 32.9 Å². The maximum Gasteiger partial charge on any atom is 0.417 e. The quantitative estimate of drug-likeness (QED) is 0.659. The van der Waals surface area contributed by atoms with Crippen LogP contribution in [0.1, 0.15) is 24.7 Å². The SMILES string of the molecule is CC[C@H]1COC(=O)N1c1nc(C)nc(NCc2cc3cc(Cl)ccc3[nH]c2=O)n1. The van der Waals surface area contributed by atoms with E-state index in [0.717, 1.165) is 5.39 Å². The molecular weight excluding hydrogens is 396 g/mol. The number of aromatic amines is 1. The van der Waals surface area contributed by atoms with Crippen LogP contribution in [0.5, 0.6) is 0 Å². The van der Waals surface area contributed by atoms with Crippen molar-refractivity contribution in [3.8, 4) is 0 Å². The minimum absolute atomic E-state index is 0.120. The molecule has 0 saturated carbocycles. The van der Waals surface area contributed by atoms with Gasteiger partial charge in [-0.2, -0.15) is 15.0 Å². The lowest BCUT2D eigenvalue weighted by Crippen LogP contribution is -2.34. The van der Waals surface area contributed by atoms with Gasteiger partial charge in [0.2, 0.25) is 11.9 Å². The van der Waals surface area contributed by atoms with E-state index >= 15 is 0 Å². The number of fused-ring (bicyclic) bond motifs is 1. The maximum absolute atomic E-state index is 12.4. The molecule has 2 N–H and O–H groups in total. The molecule has 29 heavy (non-hydrogen) atoms. The molecule has 0 unspecified atom stereocenters. The molecule has 1 aromatic carbocycles. The number of cyclic esters (lactones) is 1. The van der Waals surface area contributed by atoms with E-state index in [1.54, 1.807) is 31.2 Å². The van der Waals surface area contributed by atoms with Crippen LogP contribution in [-0.2, 0) is 11.3 Å². The van der Waals surface area contributed by atoms with E-state index in [-0.39, 0.29) is 30.0 Å². The van der Waals surface area contributed by atoms with Crippen LogP contribution in [0.25, 0.3) is 10.9 Å². The first-order valence-electron chi connectivity index (χ1n) is 9.18. The van der Waals surface area contributed by atoms with Crippen molar-refractivity contribution in [3.63, 3.8) is 0 Å². The number of carbonyl (C=O) groups excluding carboxylic acids is 1. The Bertz CT molecular complexity index is 1150. The van der Waals surface area contributed by atoms with Gasteiger partial charge in [-0.3, -0.25) is 4.79 Å².